The Kier molecular flexibility index (Phi) is 6.83. The number of aliphatic carboxylic acids is 1. The number of alkyl halides is 3. The highest BCUT2D eigenvalue weighted by molar-refractivity contribution is 5.67. The fourth-order valence-corrected chi connectivity index (χ4v) is 4.71. The van der Waals surface area contributed by atoms with E-state index in [1.54, 1.807) is 6.07 Å². The molecule has 1 fully saturated rings. The second-order valence-corrected chi connectivity index (χ2v) is 8.86. The molecule has 0 amide bonds. The summed E-state index contributed by atoms with van der Waals surface area (Å²) in [5, 5.41) is 8.93. The fourth-order valence-electron chi connectivity index (χ4n) is 4.71. The molecule has 1 saturated carbocycles. The van der Waals surface area contributed by atoms with Crippen molar-refractivity contribution in [2.24, 2.45) is 5.92 Å². The molecule has 1 aromatic rings. The van der Waals surface area contributed by atoms with Gasteiger partial charge < -0.3 is 9.84 Å². The molecule has 3 nitrogen and oxygen atoms in total. The van der Waals surface area contributed by atoms with Gasteiger partial charge in [0.05, 0.1) is 0 Å². The number of halogens is 3. The van der Waals surface area contributed by atoms with Crippen molar-refractivity contribution in [2.75, 3.05) is 6.61 Å². The lowest BCUT2D eigenvalue weighted by Gasteiger charge is -2.30. The molecule has 3 rings (SSSR count). The SMILES string of the molecule is CC(F)(F)C(C)(F)c1cc(OCC2=C(C3CCCC3)CCC2)ccc1CCC(=O)O. The first kappa shape index (κ1) is 22.7. The molecule has 2 aliphatic rings. The predicted molar refractivity (Wildman–Crippen MR) is 110 cm³/mol. The number of ether oxygens (including phenoxy) is 1. The highest BCUT2D eigenvalue weighted by Crippen LogP contribution is 2.44. The standard InChI is InChI=1S/C24H31F3O3/c1-23(25,24(2,26)27)21-14-19(12-10-17(21)11-13-22(28)29)30-15-18-8-5-9-20(18)16-6-3-4-7-16/h10,12,14,16H,3-9,11,13,15H2,1-2H3,(H,28,29). The summed E-state index contributed by atoms with van der Waals surface area (Å²) in [4.78, 5) is 10.9. The molecule has 6 heteroatoms. The Labute approximate surface area is 176 Å². The minimum Gasteiger partial charge on any atom is -0.489 e. The minimum atomic E-state index is -3.62. The quantitative estimate of drug-likeness (QED) is 0.455. The molecule has 0 aliphatic heterocycles. The molecule has 166 valence electrons. The zero-order chi connectivity index (χ0) is 21.9. The van der Waals surface area contributed by atoms with Crippen LogP contribution >= 0.6 is 0 Å². The Bertz CT molecular complexity index is 802. The van der Waals surface area contributed by atoms with Gasteiger partial charge in [0.15, 0.2) is 5.67 Å². The summed E-state index contributed by atoms with van der Waals surface area (Å²) in [5.74, 6) is -3.69. The molecule has 0 bridgehead atoms. The zero-order valence-electron chi connectivity index (χ0n) is 17.8. The van der Waals surface area contributed by atoms with Crippen LogP contribution in [0.1, 0.15) is 76.3 Å². The smallest absolute Gasteiger partial charge is 0.303 e. The van der Waals surface area contributed by atoms with E-state index in [1.165, 1.54) is 49.0 Å². The predicted octanol–water partition coefficient (Wildman–Crippen LogP) is 6.59. The van der Waals surface area contributed by atoms with Crippen molar-refractivity contribution in [1.29, 1.82) is 0 Å². The van der Waals surface area contributed by atoms with Crippen molar-refractivity contribution >= 4 is 5.97 Å². The largest absolute Gasteiger partial charge is 0.489 e. The van der Waals surface area contributed by atoms with Gasteiger partial charge in [-0.05, 0) is 74.6 Å². The molecule has 0 aromatic heterocycles. The Morgan fingerprint density at radius 3 is 2.47 bits per heavy atom. The summed E-state index contributed by atoms with van der Waals surface area (Å²) in [6.45, 7) is 1.78. The second kappa shape index (κ2) is 9.03. The number of allylic oxidation sites excluding steroid dienone is 1. The van der Waals surface area contributed by atoms with E-state index in [2.05, 4.69) is 0 Å². The van der Waals surface area contributed by atoms with E-state index >= 15 is 4.39 Å². The zero-order valence-corrected chi connectivity index (χ0v) is 17.8. The summed E-state index contributed by atoms with van der Waals surface area (Å²) >= 11 is 0. The molecule has 0 saturated heterocycles. The molecule has 0 heterocycles. The van der Waals surface area contributed by atoms with E-state index in [-0.39, 0.29) is 24.0 Å². The molecular formula is C24H31F3O3. The van der Waals surface area contributed by atoms with Gasteiger partial charge in [-0.1, -0.05) is 24.5 Å². The van der Waals surface area contributed by atoms with Gasteiger partial charge in [-0.3, -0.25) is 4.79 Å². The molecule has 0 spiro atoms. The van der Waals surface area contributed by atoms with Gasteiger partial charge in [0.25, 0.3) is 5.92 Å². The number of carboxylic acids is 1. The number of rotatable bonds is 9. The highest BCUT2D eigenvalue weighted by atomic mass is 19.3. The van der Waals surface area contributed by atoms with Crippen molar-refractivity contribution in [3.8, 4) is 5.75 Å². The van der Waals surface area contributed by atoms with Crippen LogP contribution in [0, 0.1) is 5.92 Å². The third-order valence-corrected chi connectivity index (χ3v) is 6.66. The highest BCUT2D eigenvalue weighted by Gasteiger charge is 2.49. The van der Waals surface area contributed by atoms with Gasteiger partial charge in [-0.25, -0.2) is 13.2 Å². The summed E-state index contributed by atoms with van der Waals surface area (Å²) < 4.78 is 49.1. The first-order valence-electron chi connectivity index (χ1n) is 10.8. The summed E-state index contributed by atoms with van der Waals surface area (Å²) in [6, 6.07) is 4.45. The van der Waals surface area contributed by atoms with E-state index in [4.69, 9.17) is 9.84 Å². The molecule has 1 N–H and O–H groups in total. The number of hydrogen-bond donors (Lipinski definition) is 1. The number of carboxylic acid groups (broad SMARTS) is 1. The van der Waals surface area contributed by atoms with Crippen LogP contribution in [0.25, 0.3) is 0 Å². The van der Waals surface area contributed by atoms with E-state index in [0.29, 0.717) is 25.2 Å². The van der Waals surface area contributed by atoms with E-state index in [0.717, 1.165) is 26.2 Å². The lowest BCUT2D eigenvalue weighted by molar-refractivity contribution is -0.137. The van der Waals surface area contributed by atoms with Crippen molar-refractivity contribution in [2.45, 2.75) is 83.2 Å². The molecule has 2 aliphatic carbocycles. The van der Waals surface area contributed by atoms with Crippen LogP contribution in [-0.2, 0) is 16.9 Å². The first-order chi connectivity index (χ1) is 14.1. The molecule has 1 unspecified atom stereocenters. The lowest BCUT2D eigenvalue weighted by Crippen LogP contribution is -2.37. The summed E-state index contributed by atoms with van der Waals surface area (Å²) in [7, 11) is 0. The van der Waals surface area contributed by atoms with Crippen LogP contribution in [0.4, 0.5) is 13.2 Å². The molecular weight excluding hydrogens is 393 g/mol. The summed E-state index contributed by atoms with van der Waals surface area (Å²) in [5.41, 5.74) is -0.0707. The van der Waals surface area contributed by atoms with Gasteiger partial charge in [-0.15, -0.1) is 0 Å². The van der Waals surface area contributed by atoms with Crippen LogP contribution < -0.4 is 4.74 Å². The maximum Gasteiger partial charge on any atom is 0.303 e. The summed E-state index contributed by atoms with van der Waals surface area (Å²) in [6.07, 6.45) is 7.94. The average molecular weight is 425 g/mol. The topological polar surface area (TPSA) is 46.5 Å². The van der Waals surface area contributed by atoms with Gasteiger partial charge in [-0.2, -0.15) is 0 Å². The van der Waals surface area contributed by atoms with Crippen LogP contribution in [-0.4, -0.2) is 23.6 Å². The number of benzene rings is 1. The number of hydrogen-bond acceptors (Lipinski definition) is 2. The van der Waals surface area contributed by atoms with Crippen molar-refractivity contribution in [3.05, 3.63) is 40.5 Å². The second-order valence-electron chi connectivity index (χ2n) is 8.86. The Balaban J connectivity index is 1.82. The lowest BCUT2D eigenvalue weighted by atomic mass is 9.86. The van der Waals surface area contributed by atoms with Gasteiger partial charge in [0.1, 0.15) is 12.4 Å². The van der Waals surface area contributed by atoms with Crippen LogP contribution in [0.15, 0.2) is 29.3 Å². The van der Waals surface area contributed by atoms with Crippen molar-refractivity contribution in [3.63, 3.8) is 0 Å². The van der Waals surface area contributed by atoms with E-state index in [1.807, 2.05) is 0 Å². The Morgan fingerprint density at radius 2 is 1.83 bits per heavy atom. The Morgan fingerprint density at radius 1 is 1.13 bits per heavy atom. The Hall–Kier alpha value is -1.98. The maximum atomic E-state index is 15.1. The van der Waals surface area contributed by atoms with E-state index in [9.17, 15) is 13.6 Å². The number of carbonyl (C=O) groups is 1. The van der Waals surface area contributed by atoms with E-state index < -0.39 is 17.6 Å². The van der Waals surface area contributed by atoms with Crippen molar-refractivity contribution in [1.82, 2.24) is 0 Å². The minimum absolute atomic E-state index is 0.0164. The molecule has 30 heavy (non-hydrogen) atoms. The molecule has 0 radical (unpaired) electrons. The van der Waals surface area contributed by atoms with Crippen molar-refractivity contribution < 1.29 is 27.8 Å². The third kappa shape index (κ3) is 5.01. The van der Waals surface area contributed by atoms with Gasteiger partial charge >= 0.3 is 5.97 Å². The van der Waals surface area contributed by atoms with Gasteiger partial charge in [0, 0.05) is 18.9 Å². The van der Waals surface area contributed by atoms with Crippen LogP contribution in [0.2, 0.25) is 0 Å². The average Bonchev–Trinajstić information content (AvgIpc) is 3.35. The van der Waals surface area contributed by atoms with Crippen LogP contribution in [0.3, 0.4) is 0 Å². The van der Waals surface area contributed by atoms with Crippen LogP contribution in [0.5, 0.6) is 5.75 Å². The maximum absolute atomic E-state index is 15.1. The van der Waals surface area contributed by atoms with Gasteiger partial charge in [0.2, 0.25) is 0 Å². The monoisotopic (exact) mass is 424 g/mol. The normalized spacial score (nSPS) is 19.9. The molecule has 1 aromatic carbocycles. The fraction of sp³-hybridized carbons (Fsp3) is 0.625. The molecule has 1 atom stereocenters. The first-order valence-corrected chi connectivity index (χ1v) is 10.8. The number of aryl methyl sites for hydroxylation is 1. The third-order valence-electron chi connectivity index (χ3n) is 6.66.